The number of halogens is 4. The first-order valence-corrected chi connectivity index (χ1v) is 12.9. The van der Waals surface area contributed by atoms with Gasteiger partial charge in [-0.1, -0.05) is 12.1 Å². The third kappa shape index (κ3) is 5.16. The lowest BCUT2D eigenvalue weighted by molar-refractivity contribution is -0.140. The summed E-state index contributed by atoms with van der Waals surface area (Å²) in [7, 11) is 1.66. The Hall–Kier alpha value is -4.29. The van der Waals surface area contributed by atoms with Gasteiger partial charge in [-0.25, -0.2) is 9.07 Å². The summed E-state index contributed by atoms with van der Waals surface area (Å²) in [6.45, 7) is 3.70. The number of carbonyl (C=O) groups excluding carboxylic acids is 1. The largest absolute Gasteiger partial charge is 0.419 e. The van der Waals surface area contributed by atoms with Gasteiger partial charge in [0.1, 0.15) is 17.7 Å². The molecule has 2 aliphatic rings. The number of nitrogens with zero attached hydrogens (tertiary/aromatic N) is 4. The number of hydrogen-bond acceptors (Lipinski definition) is 6. The number of amides is 1. The van der Waals surface area contributed by atoms with Crippen molar-refractivity contribution < 1.29 is 27.1 Å². The van der Waals surface area contributed by atoms with Gasteiger partial charge in [-0.15, -0.1) is 0 Å². The van der Waals surface area contributed by atoms with Gasteiger partial charge in [0.2, 0.25) is 0 Å². The fourth-order valence-corrected chi connectivity index (χ4v) is 5.32. The molecule has 1 atom stereocenters. The Labute approximate surface area is 232 Å². The second-order valence-electron chi connectivity index (χ2n) is 10.2. The number of pyridine rings is 1. The standard InChI is InChI=1S/C29H26F4N6O2/c1-16-26(28(40)36-20-5-3-19-12-34-8-7-17(19)9-20)27(18-4-6-23(24(30)10-18)29(31,32)33)39-25(35-16)11-21(37-39)13-38-14-22(15-38)41-2/h3-12,22,27,35H,13-15H2,1-2H3,(H,36,40). The van der Waals surface area contributed by atoms with Crippen molar-refractivity contribution in [3.63, 3.8) is 0 Å². The summed E-state index contributed by atoms with van der Waals surface area (Å²) < 4.78 is 61.7. The van der Waals surface area contributed by atoms with E-state index in [-0.39, 0.29) is 17.2 Å². The Morgan fingerprint density at radius 1 is 1.12 bits per heavy atom. The summed E-state index contributed by atoms with van der Waals surface area (Å²) in [5, 5.41) is 12.6. The molecule has 6 rings (SSSR count). The molecule has 0 bridgehead atoms. The topological polar surface area (TPSA) is 84.3 Å². The maximum atomic E-state index is 14.8. The third-order valence-corrected chi connectivity index (χ3v) is 7.42. The van der Waals surface area contributed by atoms with Crippen LogP contribution in [0.15, 0.2) is 72.2 Å². The fraction of sp³-hybridized carbons (Fsp3) is 0.276. The van der Waals surface area contributed by atoms with Crippen molar-refractivity contribution in [1.29, 1.82) is 0 Å². The molecule has 0 spiro atoms. The molecular formula is C29H26F4N6O2. The van der Waals surface area contributed by atoms with Crippen LogP contribution >= 0.6 is 0 Å². The first kappa shape index (κ1) is 26.9. The van der Waals surface area contributed by atoms with Crippen LogP contribution in [-0.2, 0) is 22.3 Å². The smallest absolute Gasteiger partial charge is 0.379 e. The number of anilines is 2. The van der Waals surface area contributed by atoms with Crippen molar-refractivity contribution >= 4 is 28.2 Å². The number of hydrogen-bond donors (Lipinski definition) is 2. The summed E-state index contributed by atoms with van der Waals surface area (Å²) in [5.74, 6) is -1.38. The zero-order valence-corrected chi connectivity index (χ0v) is 22.2. The molecule has 0 radical (unpaired) electrons. The van der Waals surface area contributed by atoms with E-state index in [4.69, 9.17) is 9.84 Å². The van der Waals surface area contributed by atoms with Crippen molar-refractivity contribution in [2.24, 2.45) is 0 Å². The van der Waals surface area contributed by atoms with Crippen LogP contribution < -0.4 is 10.6 Å². The van der Waals surface area contributed by atoms with Crippen molar-refractivity contribution in [3.8, 4) is 0 Å². The van der Waals surface area contributed by atoms with Gasteiger partial charge in [0, 0.05) is 62.0 Å². The van der Waals surface area contributed by atoms with Gasteiger partial charge in [-0.2, -0.15) is 18.3 Å². The average Bonchev–Trinajstić information content (AvgIpc) is 3.30. The molecule has 2 aromatic carbocycles. The van der Waals surface area contributed by atoms with Crippen molar-refractivity contribution in [1.82, 2.24) is 19.7 Å². The molecule has 0 aliphatic carbocycles. The number of fused-ring (bicyclic) bond motifs is 2. The van der Waals surface area contributed by atoms with E-state index < -0.39 is 29.5 Å². The van der Waals surface area contributed by atoms with Crippen molar-refractivity contribution in [2.45, 2.75) is 31.8 Å². The van der Waals surface area contributed by atoms with E-state index in [9.17, 15) is 22.4 Å². The lowest BCUT2D eigenvalue weighted by atomic mass is 9.93. The predicted molar refractivity (Wildman–Crippen MR) is 145 cm³/mol. The van der Waals surface area contributed by atoms with E-state index >= 15 is 0 Å². The molecular weight excluding hydrogens is 540 g/mol. The summed E-state index contributed by atoms with van der Waals surface area (Å²) in [6.07, 6.45) is -1.35. The average molecular weight is 567 g/mol. The number of rotatable bonds is 6. The third-order valence-electron chi connectivity index (χ3n) is 7.42. The van der Waals surface area contributed by atoms with E-state index in [2.05, 4.69) is 20.5 Å². The Bertz CT molecular complexity index is 1680. The summed E-state index contributed by atoms with van der Waals surface area (Å²) in [6, 6.07) is 10.7. The van der Waals surface area contributed by atoms with E-state index in [1.807, 2.05) is 18.2 Å². The van der Waals surface area contributed by atoms with Crippen LogP contribution in [0.25, 0.3) is 10.8 Å². The highest BCUT2D eigenvalue weighted by Gasteiger charge is 2.38. The quantitative estimate of drug-likeness (QED) is 0.307. The minimum Gasteiger partial charge on any atom is -0.379 e. The Morgan fingerprint density at radius 3 is 2.66 bits per heavy atom. The highest BCUT2D eigenvalue weighted by atomic mass is 19.4. The number of ether oxygens (including phenoxy) is 1. The number of aromatic nitrogens is 3. The molecule has 2 aromatic heterocycles. The molecule has 2 aliphatic heterocycles. The van der Waals surface area contributed by atoms with Crippen molar-refractivity contribution in [3.05, 3.63) is 94.8 Å². The molecule has 8 nitrogen and oxygen atoms in total. The van der Waals surface area contributed by atoms with Gasteiger partial charge in [-0.05, 0) is 48.2 Å². The predicted octanol–water partition coefficient (Wildman–Crippen LogP) is 5.35. The maximum Gasteiger partial charge on any atom is 0.419 e. The van der Waals surface area contributed by atoms with Crippen LogP contribution in [0.1, 0.15) is 29.8 Å². The Morgan fingerprint density at radius 2 is 1.93 bits per heavy atom. The minimum absolute atomic E-state index is 0.152. The molecule has 1 unspecified atom stereocenters. The normalized spacial score (nSPS) is 17.8. The molecule has 41 heavy (non-hydrogen) atoms. The first-order chi connectivity index (χ1) is 19.6. The number of allylic oxidation sites excluding steroid dienone is 1. The number of methoxy groups -OCH3 is 1. The second kappa shape index (κ2) is 10.3. The monoisotopic (exact) mass is 566 g/mol. The molecule has 2 N–H and O–H groups in total. The maximum absolute atomic E-state index is 14.8. The summed E-state index contributed by atoms with van der Waals surface area (Å²) in [5.41, 5.74) is 0.662. The Kier molecular flexibility index (Phi) is 6.74. The molecule has 1 fully saturated rings. The highest BCUT2D eigenvalue weighted by Crippen LogP contribution is 2.39. The number of alkyl halides is 3. The zero-order chi connectivity index (χ0) is 28.9. The van der Waals surface area contributed by atoms with Crippen LogP contribution in [0.4, 0.5) is 29.1 Å². The zero-order valence-electron chi connectivity index (χ0n) is 22.2. The van der Waals surface area contributed by atoms with Gasteiger partial charge in [0.25, 0.3) is 5.91 Å². The van der Waals surface area contributed by atoms with E-state index in [0.717, 1.165) is 29.9 Å². The number of nitrogens with one attached hydrogen (secondary N) is 2. The van der Waals surface area contributed by atoms with E-state index in [1.54, 1.807) is 38.6 Å². The van der Waals surface area contributed by atoms with Crippen LogP contribution in [0.5, 0.6) is 0 Å². The van der Waals surface area contributed by atoms with E-state index in [0.29, 0.717) is 35.5 Å². The lowest BCUT2D eigenvalue weighted by Gasteiger charge is -2.37. The van der Waals surface area contributed by atoms with Crippen LogP contribution in [0.2, 0.25) is 0 Å². The Balaban J connectivity index is 1.37. The van der Waals surface area contributed by atoms with Gasteiger partial charge in [0.15, 0.2) is 0 Å². The lowest BCUT2D eigenvalue weighted by Crippen LogP contribution is -2.50. The first-order valence-electron chi connectivity index (χ1n) is 12.9. The molecule has 12 heteroatoms. The summed E-state index contributed by atoms with van der Waals surface area (Å²) in [4.78, 5) is 20.0. The second-order valence-corrected chi connectivity index (χ2v) is 10.2. The number of carbonyl (C=O) groups is 1. The van der Waals surface area contributed by atoms with Crippen LogP contribution in [-0.4, -0.2) is 51.9 Å². The van der Waals surface area contributed by atoms with Crippen LogP contribution in [0, 0.1) is 5.82 Å². The van der Waals surface area contributed by atoms with E-state index in [1.165, 1.54) is 10.7 Å². The van der Waals surface area contributed by atoms with Gasteiger partial charge in [-0.3, -0.25) is 14.7 Å². The SMILES string of the molecule is COC1CN(Cc2cc3n(n2)C(c2ccc(C(F)(F)F)c(F)c2)C(C(=O)Nc2ccc4cnccc4c2)=C(C)N3)C1. The molecule has 4 aromatic rings. The number of likely N-dealkylation sites (tertiary alicyclic amines) is 1. The van der Waals surface area contributed by atoms with Gasteiger partial charge in [0.05, 0.1) is 22.9 Å². The summed E-state index contributed by atoms with van der Waals surface area (Å²) >= 11 is 0. The minimum atomic E-state index is -4.85. The fourth-order valence-electron chi connectivity index (χ4n) is 5.32. The van der Waals surface area contributed by atoms with Crippen molar-refractivity contribution in [2.75, 3.05) is 30.8 Å². The number of benzene rings is 2. The van der Waals surface area contributed by atoms with Crippen LogP contribution in [0.3, 0.4) is 0 Å². The molecule has 1 amide bonds. The molecule has 0 saturated carbocycles. The highest BCUT2D eigenvalue weighted by molar-refractivity contribution is 6.06. The molecule has 4 heterocycles. The molecule has 1 saturated heterocycles. The molecule has 212 valence electrons. The van der Waals surface area contributed by atoms with Gasteiger partial charge < -0.3 is 15.4 Å². The van der Waals surface area contributed by atoms with Gasteiger partial charge >= 0.3 is 6.18 Å².